The van der Waals surface area contributed by atoms with Crippen molar-refractivity contribution in [1.82, 2.24) is 0 Å². The molecular formula is C10H11BrO4. The molecule has 0 unspecified atom stereocenters. The smallest absolute Gasteiger partial charge is 0.303 e. The lowest BCUT2D eigenvalue weighted by Crippen LogP contribution is -1.96. The van der Waals surface area contributed by atoms with Crippen LogP contribution < -0.4 is 0 Å². The van der Waals surface area contributed by atoms with Crippen LogP contribution >= 0.6 is 15.9 Å². The SMILES string of the molecule is O=C(O)CCCc1ccc(Br)c(O)c1O. The molecule has 5 heteroatoms. The van der Waals surface area contributed by atoms with Crippen LogP contribution in [0.5, 0.6) is 11.5 Å². The number of carboxylic acid groups (broad SMARTS) is 1. The first kappa shape index (κ1) is 11.8. The first-order valence-corrected chi connectivity index (χ1v) is 5.22. The molecule has 0 fully saturated rings. The third kappa shape index (κ3) is 3.13. The van der Waals surface area contributed by atoms with Crippen molar-refractivity contribution in [3.63, 3.8) is 0 Å². The molecule has 4 nitrogen and oxygen atoms in total. The number of phenols is 2. The summed E-state index contributed by atoms with van der Waals surface area (Å²) < 4.78 is 0.419. The summed E-state index contributed by atoms with van der Waals surface area (Å²) in [6.45, 7) is 0. The first-order valence-electron chi connectivity index (χ1n) is 4.43. The molecule has 0 aromatic heterocycles. The lowest BCUT2D eigenvalue weighted by Gasteiger charge is -2.06. The monoisotopic (exact) mass is 274 g/mol. The van der Waals surface area contributed by atoms with E-state index in [0.29, 0.717) is 22.9 Å². The van der Waals surface area contributed by atoms with Crippen molar-refractivity contribution in [1.29, 1.82) is 0 Å². The van der Waals surface area contributed by atoms with Crippen LogP contribution in [0.15, 0.2) is 16.6 Å². The number of halogens is 1. The minimum atomic E-state index is -0.865. The van der Waals surface area contributed by atoms with Crippen LogP contribution in [0.25, 0.3) is 0 Å². The van der Waals surface area contributed by atoms with Gasteiger partial charge in [-0.25, -0.2) is 0 Å². The molecule has 0 aliphatic carbocycles. The standard InChI is InChI=1S/C10H11BrO4/c11-7-5-4-6(9(14)10(7)15)2-1-3-8(12)13/h4-5,14-15H,1-3H2,(H,12,13). The van der Waals surface area contributed by atoms with Gasteiger partial charge in [-0.15, -0.1) is 0 Å². The molecular weight excluding hydrogens is 264 g/mol. The molecule has 1 aromatic rings. The molecule has 0 bridgehead atoms. The van der Waals surface area contributed by atoms with Crippen LogP contribution in [0.4, 0.5) is 0 Å². The molecule has 0 heterocycles. The lowest BCUT2D eigenvalue weighted by atomic mass is 10.1. The summed E-state index contributed by atoms with van der Waals surface area (Å²) in [4.78, 5) is 10.3. The van der Waals surface area contributed by atoms with Gasteiger partial charge in [0.25, 0.3) is 0 Å². The van der Waals surface area contributed by atoms with E-state index < -0.39 is 5.97 Å². The van der Waals surface area contributed by atoms with E-state index in [1.54, 1.807) is 12.1 Å². The molecule has 0 aliphatic heterocycles. The van der Waals surface area contributed by atoms with Gasteiger partial charge < -0.3 is 15.3 Å². The zero-order chi connectivity index (χ0) is 11.4. The number of aromatic hydroxyl groups is 2. The normalized spacial score (nSPS) is 10.2. The van der Waals surface area contributed by atoms with Gasteiger partial charge in [0.05, 0.1) is 4.47 Å². The maximum Gasteiger partial charge on any atom is 0.303 e. The van der Waals surface area contributed by atoms with Crippen LogP contribution in [0, 0.1) is 0 Å². The Morgan fingerprint density at radius 1 is 1.27 bits per heavy atom. The molecule has 0 atom stereocenters. The van der Waals surface area contributed by atoms with Crippen molar-refractivity contribution in [3.8, 4) is 11.5 Å². The number of carbonyl (C=O) groups is 1. The van der Waals surface area contributed by atoms with E-state index >= 15 is 0 Å². The predicted molar refractivity (Wildman–Crippen MR) is 58.0 cm³/mol. The van der Waals surface area contributed by atoms with E-state index in [-0.39, 0.29) is 17.9 Å². The van der Waals surface area contributed by atoms with E-state index in [1.807, 2.05) is 0 Å². The number of rotatable bonds is 4. The van der Waals surface area contributed by atoms with Crippen molar-refractivity contribution in [3.05, 3.63) is 22.2 Å². The van der Waals surface area contributed by atoms with Crippen LogP contribution in [-0.2, 0) is 11.2 Å². The molecule has 0 amide bonds. The molecule has 3 N–H and O–H groups in total. The summed E-state index contributed by atoms with van der Waals surface area (Å²) in [5, 5.41) is 27.3. The van der Waals surface area contributed by atoms with E-state index in [9.17, 15) is 15.0 Å². The number of aryl methyl sites for hydroxylation is 1. The highest BCUT2D eigenvalue weighted by atomic mass is 79.9. The van der Waals surface area contributed by atoms with Gasteiger partial charge in [-0.05, 0) is 40.4 Å². The highest BCUT2D eigenvalue weighted by Gasteiger charge is 2.10. The van der Waals surface area contributed by atoms with Gasteiger partial charge in [-0.2, -0.15) is 0 Å². The predicted octanol–water partition coefficient (Wildman–Crippen LogP) is 2.27. The van der Waals surface area contributed by atoms with Crippen molar-refractivity contribution in [2.45, 2.75) is 19.3 Å². The number of carboxylic acids is 1. The number of phenolic OH excluding ortho intramolecular Hbond substituents is 2. The number of benzene rings is 1. The molecule has 82 valence electrons. The fourth-order valence-corrected chi connectivity index (χ4v) is 1.55. The second-order valence-electron chi connectivity index (χ2n) is 3.15. The lowest BCUT2D eigenvalue weighted by molar-refractivity contribution is -0.137. The van der Waals surface area contributed by atoms with E-state index in [0.717, 1.165) is 0 Å². The Bertz CT molecular complexity index is 376. The van der Waals surface area contributed by atoms with Crippen LogP contribution in [0.3, 0.4) is 0 Å². The average Bonchev–Trinajstić information content (AvgIpc) is 2.18. The fraction of sp³-hybridized carbons (Fsp3) is 0.300. The second-order valence-corrected chi connectivity index (χ2v) is 4.01. The second kappa shape index (κ2) is 5.02. The van der Waals surface area contributed by atoms with Gasteiger partial charge >= 0.3 is 5.97 Å². The molecule has 0 saturated heterocycles. The van der Waals surface area contributed by atoms with E-state index in [4.69, 9.17) is 5.11 Å². The molecule has 1 rings (SSSR count). The van der Waals surface area contributed by atoms with Crippen molar-refractivity contribution >= 4 is 21.9 Å². The first-order chi connectivity index (χ1) is 7.02. The van der Waals surface area contributed by atoms with Gasteiger partial charge in [0, 0.05) is 6.42 Å². The summed E-state index contributed by atoms with van der Waals surface area (Å²) in [6.07, 6.45) is 0.916. The highest BCUT2D eigenvalue weighted by molar-refractivity contribution is 9.10. The Morgan fingerprint density at radius 3 is 2.53 bits per heavy atom. The van der Waals surface area contributed by atoms with E-state index in [2.05, 4.69) is 15.9 Å². The minimum Gasteiger partial charge on any atom is -0.504 e. The molecule has 0 saturated carbocycles. The van der Waals surface area contributed by atoms with Gasteiger partial charge in [0.15, 0.2) is 11.5 Å². The summed E-state index contributed by atoms with van der Waals surface area (Å²) >= 11 is 3.07. The minimum absolute atomic E-state index is 0.0519. The summed E-state index contributed by atoms with van der Waals surface area (Å²) in [6, 6.07) is 3.27. The number of aliphatic carboxylic acids is 1. The number of hydrogen-bond donors (Lipinski definition) is 3. The average molecular weight is 275 g/mol. The molecule has 0 aliphatic rings. The Kier molecular flexibility index (Phi) is 3.96. The van der Waals surface area contributed by atoms with Gasteiger partial charge in [0.2, 0.25) is 0 Å². The van der Waals surface area contributed by atoms with Crippen molar-refractivity contribution < 1.29 is 20.1 Å². The maximum atomic E-state index is 10.3. The Balaban J connectivity index is 2.70. The molecule has 15 heavy (non-hydrogen) atoms. The third-order valence-corrected chi connectivity index (χ3v) is 2.66. The Labute approximate surface area is 95.3 Å². The summed E-state index contributed by atoms with van der Waals surface area (Å²) in [5.74, 6) is -1.26. The maximum absolute atomic E-state index is 10.3. The van der Waals surface area contributed by atoms with Crippen LogP contribution in [0.2, 0.25) is 0 Å². The van der Waals surface area contributed by atoms with E-state index in [1.165, 1.54) is 0 Å². The summed E-state index contributed by atoms with van der Waals surface area (Å²) in [5.41, 5.74) is 0.553. The number of hydrogen-bond acceptors (Lipinski definition) is 3. The van der Waals surface area contributed by atoms with Crippen molar-refractivity contribution in [2.75, 3.05) is 0 Å². The van der Waals surface area contributed by atoms with Crippen molar-refractivity contribution in [2.24, 2.45) is 0 Å². The van der Waals surface area contributed by atoms with Gasteiger partial charge in [-0.1, -0.05) is 6.07 Å². The third-order valence-electron chi connectivity index (χ3n) is 2.02. The quantitative estimate of drug-likeness (QED) is 0.736. The van der Waals surface area contributed by atoms with Crippen LogP contribution in [-0.4, -0.2) is 21.3 Å². The highest BCUT2D eigenvalue weighted by Crippen LogP contribution is 2.36. The topological polar surface area (TPSA) is 77.8 Å². The van der Waals surface area contributed by atoms with Gasteiger partial charge in [-0.3, -0.25) is 4.79 Å². The molecule has 1 aromatic carbocycles. The fourth-order valence-electron chi connectivity index (χ4n) is 1.23. The molecule has 0 spiro atoms. The summed E-state index contributed by atoms with van der Waals surface area (Å²) in [7, 11) is 0. The zero-order valence-electron chi connectivity index (χ0n) is 7.90. The molecule has 0 radical (unpaired) electrons. The Morgan fingerprint density at radius 2 is 1.93 bits per heavy atom. The van der Waals surface area contributed by atoms with Gasteiger partial charge in [0.1, 0.15) is 0 Å². The largest absolute Gasteiger partial charge is 0.504 e. The van der Waals surface area contributed by atoms with Crippen LogP contribution in [0.1, 0.15) is 18.4 Å². The Hall–Kier alpha value is -1.23. The zero-order valence-corrected chi connectivity index (χ0v) is 9.49.